The molecule has 1 aromatic heterocycles. The Labute approximate surface area is 106 Å². The lowest BCUT2D eigenvalue weighted by molar-refractivity contribution is 0.210. The zero-order chi connectivity index (χ0) is 12.1. The van der Waals surface area contributed by atoms with Crippen molar-refractivity contribution in [1.82, 2.24) is 4.90 Å². The van der Waals surface area contributed by atoms with E-state index in [1.807, 2.05) is 12.1 Å². The number of piperidine rings is 1. The van der Waals surface area contributed by atoms with E-state index in [0.717, 1.165) is 30.5 Å². The SMILES string of the molecule is Oc1ccc2oc3c(c2c1)CCN1CCCC3C1. The number of nitrogens with zero attached hydrogens (tertiary/aromatic N) is 1. The molecule has 2 aliphatic rings. The Morgan fingerprint density at radius 1 is 1.28 bits per heavy atom. The first-order valence-electron chi connectivity index (χ1n) is 6.78. The first-order chi connectivity index (χ1) is 8.81. The number of furan rings is 1. The first-order valence-corrected chi connectivity index (χ1v) is 6.78. The van der Waals surface area contributed by atoms with E-state index in [1.54, 1.807) is 6.07 Å². The van der Waals surface area contributed by atoms with Crippen LogP contribution in [0.2, 0.25) is 0 Å². The molecule has 3 nitrogen and oxygen atoms in total. The van der Waals surface area contributed by atoms with Crippen molar-refractivity contribution < 1.29 is 9.52 Å². The van der Waals surface area contributed by atoms with Crippen LogP contribution in [0.5, 0.6) is 5.75 Å². The number of phenolic OH excluding ortho intramolecular Hbond substituents is 1. The van der Waals surface area contributed by atoms with Crippen molar-refractivity contribution in [1.29, 1.82) is 0 Å². The number of phenols is 1. The summed E-state index contributed by atoms with van der Waals surface area (Å²) in [6.45, 7) is 3.48. The molecule has 0 amide bonds. The number of aromatic hydroxyl groups is 1. The number of benzene rings is 1. The predicted molar refractivity (Wildman–Crippen MR) is 70.0 cm³/mol. The summed E-state index contributed by atoms with van der Waals surface area (Å²) in [6, 6.07) is 5.44. The van der Waals surface area contributed by atoms with Gasteiger partial charge in [0.15, 0.2) is 0 Å². The molecule has 2 bridgehead atoms. The van der Waals surface area contributed by atoms with Gasteiger partial charge in [0, 0.05) is 30.0 Å². The Morgan fingerprint density at radius 3 is 3.17 bits per heavy atom. The fourth-order valence-corrected chi connectivity index (χ4v) is 3.49. The van der Waals surface area contributed by atoms with Gasteiger partial charge in [0.1, 0.15) is 17.1 Å². The molecule has 2 aliphatic heterocycles. The standard InChI is InChI=1S/C15H17NO2/c17-11-3-4-14-13(8-11)12-5-7-16-6-1-2-10(9-16)15(12)18-14/h3-4,8,10,17H,1-2,5-7,9H2. The molecule has 2 aromatic rings. The van der Waals surface area contributed by atoms with Gasteiger partial charge in [0.25, 0.3) is 0 Å². The van der Waals surface area contributed by atoms with Gasteiger partial charge in [-0.15, -0.1) is 0 Å². The third kappa shape index (κ3) is 1.47. The van der Waals surface area contributed by atoms with Crippen LogP contribution in [0.15, 0.2) is 22.6 Å². The molecule has 2 atom stereocenters. The van der Waals surface area contributed by atoms with Gasteiger partial charge in [-0.3, -0.25) is 0 Å². The Hall–Kier alpha value is -1.48. The molecular weight excluding hydrogens is 226 g/mol. The molecule has 1 saturated heterocycles. The third-order valence-corrected chi connectivity index (χ3v) is 4.36. The molecule has 4 rings (SSSR count). The third-order valence-electron chi connectivity index (χ3n) is 4.36. The van der Waals surface area contributed by atoms with E-state index in [9.17, 15) is 5.11 Å². The fourth-order valence-electron chi connectivity index (χ4n) is 3.49. The van der Waals surface area contributed by atoms with Crippen LogP contribution in [-0.4, -0.2) is 29.6 Å². The highest BCUT2D eigenvalue weighted by Crippen LogP contribution is 2.39. The Morgan fingerprint density at radius 2 is 2.22 bits per heavy atom. The van der Waals surface area contributed by atoms with Crippen molar-refractivity contribution in [2.24, 2.45) is 0 Å². The molecule has 94 valence electrons. The maximum Gasteiger partial charge on any atom is 0.134 e. The molecule has 0 saturated carbocycles. The summed E-state index contributed by atoms with van der Waals surface area (Å²) in [5.41, 5.74) is 2.26. The van der Waals surface area contributed by atoms with Crippen LogP contribution in [0.3, 0.4) is 0 Å². The molecule has 1 fully saturated rings. The highest BCUT2D eigenvalue weighted by Gasteiger charge is 2.30. The predicted octanol–water partition coefficient (Wildman–Crippen LogP) is 2.87. The maximum absolute atomic E-state index is 9.66. The second kappa shape index (κ2) is 3.75. The summed E-state index contributed by atoms with van der Waals surface area (Å²) in [5, 5.41) is 10.8. The quantitative estimate of drug-likeness (QED) is 0.773. The highest BCUT2D eigenvalue weighted by molar-refractivity contribution is 5.84. The van der Waals surface area contributed by atoms with Crippen molar-refractivity contribution in [3.05, 3.63) is 29.5 Å². The summed E-state index contributed by atoms with van der Waals surface area (Å²) in [4.78, 5) is 2.54. The van der Waals surface area contributed by atoms with Crippen LogP contribution in [-0.2, 0) is 6.42 Å². The average molecular weight is 243 g/mol. The zero-order valence-electron chi connectivity index (χ0n) is 10.4. The van der Waals surface area contributed by atoms with Gasteiger partial charge in [-0.25, -0.2) is 0 Å². The Balaban J connectivity index is 1.92. The molecule has 3 heterocycles. The maximum atomic E-state index is 9.66. The average Bonchev–Trinajstić information content (AvgIpc) is 2.69. The largest absolute Gasteiger partial charge is 0.508 e. The molecular formula is C15H17NO2. The summed E-state index contributed by atoms with van der Waals surface area (Å²) >= 11 is 0. The fraction of sp³-hybridized carbons (Fsp3) is 0.467. The monoisotopic (exact) mass is 243 g/mol. The second-order valence-electron chi connectivity index (χ2n) is 5.52. The van der Waals surface area contributed by atoms with E-state index >= 15 is 0 Å². The van der Waals surface area contributed by atoms with Gasteiger partial charge in [0.05, 0.1) is 0 Å². The van der Waals surface area contributed by atoms with E-state index in [2.05, 4.69) is 4.90 Å². The molecule has 0 spiro atoms. The van der Waals surface area contributed by atoms with Crippen molar-refractivity contribution in [2.45, 2.75) is 25.2 Å². The van der Waals surface area contributed by atoms with Gasteiger partial charge in [-0.1, -0.05) is 0 Å². The minimum Gasteiger partial charge on any atom is -0.508 e. The summed E-state index contributed by atoms with van der Waals surface area (Å²) in [6.07, 6.45) is 3.55. The van der Waals surface area contributed by atoms with Crippen LogP contribution < -0.4 is 0 Å². The number of hydrogen-bond acceptors (Lipinski definition) is 3. The molecule has 0 radical (unpaired) electrons. The summed E-state index contributed by atoms with van der Waals surface area (Å²) in [7, 11) is 0. The van der Waals surface area contributed by atoms with E-state index in [0.29, 0.717) is 11.7 Å². The molecule has 1 N–H and O–H groups in total. The number of fused-ring (bicyclic) bond motifs is 6. The van der Waals surface area contributed by atoms with Crippen molar-refractivity contribution >= 4 is 11.0 Å². The smallest absolute Gasteiger partial charge is 0.134 e. The molecule has 2 unspecified atom stereocenters. The van der Waals surface area contributed by atoms with Crippen LogP contribution >= 0.6 is 0 Å². The number of hydrogen-bond donors (Lipinski definition) is 1. The van der Waals surface area contributed by atoms with E-state index < -0.39 is 0 Å². The lowest BCUT2D eigenvalue weighted by Crippen LogP contribution is -2.33. The van der Waals surface area contributed by atoms with Gasteiger partial charge in [0.2, 0.25) is 0 Å². The minimum absolute atomic E-state index is 0.332. The minimum atomic E-state index is 0.332. The van der Waals surface area contributed by atoms with Crippen molar-refractivity contribution in [3.8, 4) is 5.75 Å². The second-order valence-corrected chi connectivity index (χ2v) is 5.52. The Bertz CT molecular complexity index is 602. The van der Waals surface area contributed by atoms with Gasteiger partial charge < -0.3 is 14.4 Å². The topological polar surface area (TPSA) is 36.6 Å². The normalized spacial score (nSPS) is 26.9. The summed E-state index contributed by atoms with van der Waals surface area (Å²) < 4.78 is 6.07. The highest BCUT2D eigenvalue weighted by atomic mass is 16.3. The lowest BCUT2D eigenvalue weighted by atomic mass is 9.94. The van der Waals surface area contributed by atoms with E-state index in [-0.39, 0.29) is 0 Å². The summed E-state index contributed by atoms with van der Waals surface area (Å²) in [5.74, 6) is 2.06. The van der Waals surface area contributed by atoms with Gasteiger partial charge >= 0.3 is 0 Å². The van der Waals surface area contributed by atoms with Crippen molar-refractivity contribution in [3.63, 3.8) is 0 Å². The molecule has 18 heavy (non-hydrogen) atoms. The zero-order valence-corrected chi connectivity index (χ0v) is 10.4. The molecule has 3 heteroatoms. The first kappa shape index (κ1) is 10.4. The van der Waals surface area contributed by atoms with Crippen LogP contribution in [0, 0.1) is 0 Å². The molecule has 1 aromatic carbocycles. The van der Waals surface area contributed by atoms with Gasteiger partial charge in [-0.2, -0.15) is 0 Å². The van der Waals surface area contributed by atoms with Crippen molar-refractivity contribution in [2.75, 3.05) is 19.6 Å². The van der Waals surface area contributed by atoms with Crippen LogP contribution in [0.25, 0.3) is 11.0 Å². The lowest BCUT2D eigenvalue weighted by Gasteiger charge is -2.29. The van der Waals surface area contributed by atoms with E-state index in [4.69, 9.17) is 4.42 Å². The number of rotatable bonds is 0. The molecule has 0 aliphatic carbocycles. The van der Waals surface area contributed by atoms with Crippen LogP contribution in [0.4, 0.5) is 0 Å². The van der Waals surface area contributed by atoms with Crippen LogP contribution in [0.1, 0.15) is 30.1 Å². The van der Waals surface area contributed by atoms with E-state index in [1.165, 1.54) is 30.7 Å². The van der Waals surface area contributed by atoms with Gasteiger partial charge in [-0.05, 0) is 44.0 Å². The Kier molecular flexibility index (Phi) is 2.18.